The third kappa shape index (κ3) is 7.39. The number of rotatable bonds is 3. The molecule has 0 amide bonds. The van der Waals surface area contributed by atoms with Gasteiger partial charge in [0.05, 0.1) is 14.2 Å². The van der Waals surface area contributed by atoms with Crippen LogP contribution in [0.4, 0.5) is 0 Å². The van der Waals surface area contributed by atoms with Crippen molar-refractivity contribution in [3.05, 3.63) is 30.1 Å². The summed E-state index contributed by atoms with van der Waals surface area (Å²) >= 11 is 0. The molecule has 1 aromatic heterocycles. The van der Waals surface area contributed by atoms with Crippen LogP contribution in [0.25, 0.3) is 0 Å². The van der Waals surface area contributed by atoms with Gasteiger partial charge >= 0.3 is 0 Å². The maximum Gasteiger partial charge on any atom is 0.0599 e. The van der Waals surface area contributed by atoms with Crippen molar-refractivity contribution in [1.29, 1.82) is 0 Å². The molecule has 0 unspecified atom stereocenters. The van der Waals surface area contributed by atoms with Crippen molar-refractivity contribution in [2.75, 3.05) is 14.2 Å². The first-order chi connectivity index (χ1) is 6.35. The second-order valence-corrected chi connectivity index (χ2v) is 2.20. The summed E-state index contributed by atoms with van der Waals surface area (Å²) in [6.07, 6.45) is 4.74. The van der Waals surface area contributed by atoms with Crippen LogP contribution in [0.1, 0.15) is 12.5 Å². The molecular formula is C9H16N2O2. The maximum atomic E-state index is 4.22. The Balaban J connectivity index is 0.000000252. The summed E-state index contributed by atoms with van der Waals surface area (Å²) in [6.45, 7) is 2.13. The number of hydrogen-bond acceptors (Lipinski definition) is 4. The van der Waals surface area contributed by atoms with Crippen LogP contribution in [0, 0.1) is 0 Å². The number of hydrogen-bond donors (Lipinski definition) is 1. The van der Waals surface area contributed by atoms with Crippen molar-refractivity contribution in [3.63, 3.8) is 0 Å². The molecule has 0 radical (unpaired) electrons. The zero-order chi connectivity index (χ0) is 9.94. The van der Waals surface area contributed by atoms with E-state index in [4.69, 9.17) is 0 Å². The summed E-state index contributed by atoms with van der Waals surface area (Å²) in [5.41, 5.74) is 3.46. The lowest BCUT2D eigenvalue weighted by Crippen LogP contribution is -2.07. The van der Waals surface area contributed by atoms with Gasteiger partial charge in [0.2, 0.25) is 0 Å². The number of nitrogens with zero attached hydrogens (tertiary/aromatic N) is 1. The molecule has 0 aliphatic heterocycles. The third-order valence-electron chi connectivity index (χ3n) is 1.32. The Hall–Kier alpha value is -0.970. The minimum absolute atomic E-state index is 1.10. The van der Waals surface area contributed by atoms with Gasteiger partial charge in [-0.25, -0.2) is 0 Å². The molecule has 1 aromatic rings. The predicted octanol–water partition coefficient (Wildman–Crippen LogP) is 1.34. The quantitative estimate of drug-likeness (QED) is 0.720. The Morgan fingerprint density at radius 2 is 1.77 bits per heavy atom. The van der Waals surface area contributed by atoms with Crippen molar-refractivity contribution in [2.45, 2.75) is 13.3 Å². The van der Waals surface area contributed by atoms with E-state index in [1.54, 1.807) is 0 Å². The van der Waals surface area contributed by atoms with Gasteiger partial charge in [-0.1, -0.05) is 12.6 Å². The van der Waals surface area contributed by atoms with E-state index in [2.05, 4.69) is 27.2 Å². The van der Waals surface area contributed by atoms with Gasteiger partial charge < -0.3 is 0 Å². The van der Waals surface area contributed by atoms with Crippen molar-refractivity contribution in [3.8, 4) is 0 Å². The average Bonchev–Trinajstić information content (AvgIpc) is 2.21. The van der Waals surface area contributed by atoms with E-state index in [0.29, 0.717) is 0 Å². The highest BCUT2D eigenvalue weighted by molar-refractivity contribution is 5.08. The fourth-order valence-electron chi connectivity index (χ4n) is 0.702. The standard InChI is InChI=1S/C7H9N.C2H7NO2/c1-2-7-3-5-8-6-4-7;1-4-3-5-2/h3-6H,2H2,1H3;3H,1-2H3. The van der Waals surface area contributed by atoms with E-state index in [-0.39, 0.29) is 0 Å². The average molecular weight is 184 g/mol. The smallest absolute Gasteiger partial charge is 0.0599 e. The van der Waals surface area contributed by atoms with Crippen molar-refractivity contribution < 1.29 is 9.68 Å². The SMILES string of the molecule is CCc1ccncc1.CONOC. The molecule has 13 heavy (non-hydrogen) atoms. The van der Waals surface area contributed by atoms with Crippen LogP contribution in [0.2, 0.25) is 0 Å². The molecule has 0 atom stereocenters. The highest BCUT2D eigenvalue weighted by atomic mass is 16.9. The molecule has 0 saturated heterocycles. The molecule has 0 aliphatic rings. The van der Waals surface area contributed by atoms with Gasteiger partial charge in [-0.2, -0.15) is 0 Å². The Bertz CT molecular complexity index is 190. The van der Waals surface area contributed by atoms with Gasteiger partial charge in [-0.3, -0.25) is 14.7 Å². The molecule has 4 nitrogen and oxygen atoms in total. The molecule has 1 heterocycles. The molecule has 4 heteroatoms. The molecule has 74 valence electrons. The number of aromatic nitrogens is 1. The molecule has 1 N–H and O–H groups in total. The minimum atomic E-state index is 1.10. The van der Waals surface area contributed by atoms with E-state index in [9.17, 15) is 0 Å². The summed E-state index contributed by atoms with van der Waals surface area (Å²) in [4.78, 5) is 12.3. The molecular weight excluding hydrogens is 168 g/mol. The monoisotopic (exact) mass is 184 g/mol. The summed E-state index contributed by atoms with van der Waals surface area (Å²) in [5, 5.41) is 0. The summed E-state index contributed by atoms with van der Waals surface area (Å²) in [5.74, 6) is 0. The fourth-order valence-corrected chi connectivity index (χ4v) is 0.702. The Kier molecular flexibility index (Phi) is 8.44. The van der Waals surface area contributed by atoms with Gasteiger partial charge in [0, 0.05) is 12.4 Å². The van der Waals surface area contributed by atoms with E-state index >= 15 is 0 Å². The van der Waals surface area contributed by atoms with Crippen LogP contribution in [-0.4, -0.2) is 19.2 Å². The lowest BCUT2D eigenvalue weighted by Gasteiger charge is -1.89. The van der Waals surface area contributed by atoms with Gasteiger partial charge in [-0.15, -0.1) is 0 Å². The molecule has 0 spiro atoms. The van der Waals surface area contributed by atoms with Crippen LogP contribution < -0.4 is 5.64 Å². The van der Waals surface area contributed by atoms with E-state index in [1.807, 2.05) is 24.5 Å². The Labute approximate surface area is 78.8 Å². The first kappa shape index (κ1) is 12.0. The van der Waals surface area contributed by atoms with Crippen molar-refractivity contribution in [1.82, 2.24) is 10.6 Å². The highest BCUT2D eigenvalue weighted by Crippen LogP contribution is 1.94. The topological polar surface area (TPSA) is 43.4 Å². The normalized spacial score (nSPS) is 8.85. The lowest BCUT2D eigenvalue weighted by atomic mass is 10.2. The van der Waals surface area contributed by atoms with Gasteiger partial charge in [0.15, 0.2) is 0 Å². The fraction of sp³-hybridized carbons (Fsp3) is 0.444. The first-order valence-corrected chi connectivity index (χ1v) is 4.05. The lowest BCUT2D eigenvalue weighted by molar-refractivity contribution is -0.130. The third-order valence-corrected chi connectivity index (χ3v) is 1.32. The zero-order valence-corrected chi connectivity index (χ0v) is 8.28. The Morgan fingerprint density at radius 1 is 1.23 bits per heavy atom. The van der Waals surface area contributed by atoms with Gasteiger partial charge in [-0.05, 0) is 24.1 Å². The molecule has 0 bridgehead atoms. The molecule has 0 aliphatic carbocycles. The Morgan fingerprint density at radius 3 is 2.00 bits per heavy atom. The van der Waals surface area contributed by atoms with Crippen LogP contribution >= 0.6 is 0 Å². The highest BCUT2D eigenvalue weighted by Gasteiger charge is 1.80. The van der Waals surface area contributed by atoms with Gasteiger partial charge in [0.1, 0.15) is 0 Å². The van der Waals surface area contributed by atoms with Crippen molar-refractivity contribution >= 4 is 0 Å². The maximum absolute atomic E-state index is 4.22. The molecule has 0 saturated carbocycles. The zero-order valence-electron chi connectivity index (χ0n) is 8.28. The summed E-state index contributed by atoms with van der Waals surface area (Å²) < 4.78 is 0. The summed E-state index contributed by atoms with van der Waals surface area (Å²) in [6, 6.07) is 4.06. The largest absolute Gasteiger partial charge is 0.280 e. The van der Waals surface area contributed by atoms with Crippen LogP contribution in [0.3, 0.4) is 0 Å². The summed E-state index contributed by atoms with van der Waals surface area (Å²) in [7, 11) is 2.95. The minimum Gasteiger partial charge on any atom is -0.280 e. The van der Waals surface area contributed by atoms with Crippen LogP contribution in [0.5, 0.6) is 0 Å². The molecule has 0 fully saturated rings. The number of nitrogens with one attached hydrogen (secondary N) is 1. The second-order valence-electron chi connectivity index (χ2n) is 2.20. The van der Waals surface area contributed by atoms with E-state index in [0.717, 1.165) is 6.42 Å². The van der Waals surface area contributed by atoms with Crippen LogP contribution in [0.15, 0.2) is 24.5 Å². The second kappa shape index (κ2) is 9.12. The molecule has 0 aromatic carbocycles. The predicted molar refractivity (Wildman–Crippen MR) is 50.8 cm³/mol. The van der Waals surface area contributed by atoms with E-state index in [1.165, 1.54) is 19.8 Å². The molecule has 1 rings (SSSR count). The van der Waals surface area contributed by atoms with Crippen LogP contribution in [-0.2, 0) is 16.1 Å². The first-order valence-electron chi connectivity index (χ1n) is 4.05. The van der Waals surface area contributed by atoms with Gasteiger partial charge in [0.25, 0.3) is 0 Å². The van der Waals surface area contributed by atoms with E-state index < -0.39 is 0 Å². The van der Waals surface area contributed by atoms with Crippen molar-refractivity contribution in [2.24, 2.45) is 0 Å². The number of pyridine rings is 1. The number of aryl methyl sites for hydroxylation is 1.